The van der Waals surface area contributed by atoms with E-state index >= 15 is 0 Å². The third kappa shape index (κ3) is 3.22. The molecule has 2 rings (SSSR count). The van der Waals surface area contributed by atoms with Gasteiger partial charge in [-0.3, -0.25) is 0 Å². The molecule has 0 unspecified atom stereocenters. The maximum atomic E-state index is 13.6. The van der Waals surface area contributed by atoms with Gasteiger partial charge in [0.1, 0.15) is 11.9 Å². The Morgan fingerprint density at radius 3 is 2.74 bits per heavy atom. The number of hydrogen-bond donors (Lipinski definition) is 1. The van der Waals surface area contributed by atoms with Gasteiger partial charge in [-0.15, -0.1) is 0 Å². The fraction of sp³-hybridized carbons (Fsp3) is 0.500. The maximum Gasteiger partial charge on any atom is 0.143 e. The Labute approximate surface area is 112 Å². The number of rotatable bonds is 3. The molecule has 0 aromatic heterocycles. The molecule has 0 spiro atoms. The lowest BCUT2D eigenvalue weighted by Gasteiger charge is -2.36. The summed E-state index contributed by atoms with van der Waals surface area (Å²) in [6, 6.07) is 6.25. The fourth-order valence-electron chi connectivity index (χ4n) is 2.27. The first-order valence-electron chi connectivity index (χ1n) is 6.25. The molecule has 102 valence electrons. The molecule has 0 aliphatic carbocycles. The highest BCUT2D eigenvalue weighted by Crippen LogP contribution is 2.25. The number of ether oxygens (including phenoxy) is 1. The number of hydrogen-bond acceptors (Lipinski definition) is 4. The Hall–Kier alpha value is -1.64. The van der Waals surface area contributed by atoms with E-state index in [9.17, 15) is 9.50 Å². The first-order chi connectivity index (χ1) is 9.04. The molecule has 1 N–H and O–H groups in total. The Kier molecular flexibility index (Phi) is 4.03. The lowest BCUT2D eigenvalue weighted by molar-refractivity contribution is -0.0572. The molecule has 0 amide bonds. The number of benzene rings is 1. The highest BCUT2D eigenvalue weighted by molar-refractivity contribution is 5.50. The van der Waals surface area contributed by atoms with Crippen molar-refractivity contribution in [2.75, 3.05) is 31.7 Å². The van der Waals surface area contributed by atoms with Crippen molar-refractivity contribution in [1.82, 2.24) is 0 Å². The number of anilines is 1. The Bertz CT molecular complexity index is 493. The van der Waals surface area contributed by atoms with E-state index in [1.807, 2.05) is 0 Å². The lowest BCUT2D eigenvalue weighted by Crippen LogP contribution is -2.45. The van der Waals surface area contributed by atoms with E-state index in [0.29, 0.717) is 38.3 Å². The molecular formula is C14H17FN2O2. The van der Waals surface area contributed by atoms with E-state index in [0.717, 1.165) is 0 Å². The smallest absolute Gasteiger partial charge is 0.143 e. The van der Waals surface area contributed by atoms with Gasteiger partial charge in [-0.2, -0.15) is 5.26 Å². The van der Waals surface area contributed by atoms with Crippen LogP contribution in [0.2, 0.25) is 0 Å². The summed E-state index contributed by atoms with van der Waals surface area (Å²) in [6.45, 7) is 1.51. The normalized spacial score (nSPS) is 17.8. The number of nitriles is 1. The molecule has 0 bridgehead atoms. The summed E-state index contributed by atoms with van der Waals surface area (Å²) in [6.07, 6.45) is 1.16. The minimum absolute atomic E-state index is 0.0296. The standard InChI is InChI=1S/C14H17FN2O2/c1-17(10-14(18)4-6-19-7-5-14)12-3-2-11(9-16)13(15)8-12/h2-3,8,18H,4-7,10H2,1H3. The van der Waals surface area contributed by atoms with E-state index in [1.54, 1.807) is 24.1 Å². The summed E-state index contributed by atoms with van der Waals surface area (Å²) in [5, 5.41) is 19.1. The van der Waals surface area contributed by atoms with Gasteiger partial charge >= 0.3 is 0 Å². The van der Waals surface area contributed by atoms with Crippen LogP contribution in [-0.2, 0) is 4.74 Å². The Morgan fingerprint density at radius 2 is 2.16 bits per heavy atom. The topological polar surface area (TPSA) is 56.5 Å². The average molecular weight is 264 g/mol. The molecule has 5 heteroatoms. The monoisotopic (exact) mass is 264 g/mol. The largest absolute Gasteiger partial charge is 0.388 e. The Morgan fingerprint density at radius 1 is 1.47 bits per heavy atom. The van der Waals surface area contributed by atoms with Crippen molar-refractivity contribution in [1.29, 1.82) is 5.26 Å². The van der Waals surface area contributed by atoms with Crippen LogP contribution >= 0.6 is 0 Å². The predicted molar refractivity (Wildman–Crippen MR) is 69.4 cm³/mol. The van der Waals surface area contributed by atoms with Crippen LogP contribution < -0.4 is 4.90 Å². The van der Waals surface area contributed by atoms with E-state index in [1.165, 1.54) is 12.1 Å². The van der Waals surface area contributed by atoms with Gasteiger partial charge in [-0.05, 0) is 18.2 Å². The molecule has 1 saturated heterocycles. The molecule has 0 atom stereocenters. The molecular weight excluding hydrogens is 247 g/mol. The fourth-order valence-corrected chi connectivity index (χ4v) is 2.27. The zero-order chi connectivity index (χ0) is 13.9. The van der Waals surface area contributed by atoms with Crippen molar-refractivity contribution >= 4 is 5.69 Å². The van der Waals surface area contributed by atoms with Gasteiger partial charge in [0.05, 0.1) is 11.2 Å². The van der Waals surface area contributed by atoms with Gasteiger partial charge in [0, 0.05) is 45.3 Å². The number of aliphatic hydroxyl groups is 1. The molecule has 1 aliphatic rings. The second kappa shape index (κ2) is 5.55. The molecule has 1 heterocycles. The van der Waals surface area contributed by atoms with Gasteiger partial charge in [0.25, 0.3) is 0 Å². The molecule has 0 radical (unpaired) electrons. The summed E-state index contributed by atoms with van der Waals surface area (Å²) in [5.41, 5.74) is -0.115. The highest BCUT2D eigenvalue weighted by Gasteiger charge is 2.31. The van der Waals surface area contributed by atoms with Crippen LogP contribution in [0.4, 0.5) is 10.1 Å². The number of nitrogens with zero attached hydrogens (tertiary/aromatic N) is 2. The van der Waals surface area contributed by atoms with Gasteiger partial charge in [0.15, 0.2) is 0 Å². The molecule has 4 nitrogen and oxygen atoms in total. The zero-order valence-corrected chi connectivity index (χ0v) is 10.9. The van der Waals surface area contributed by atoms with Crippen LogP contribution in [0.3, 0.4) is 0 Å². The second-order valence-electron chi connectivity index (χ2n) is 4.97. The first kappa shape index (κ1) is 13.8. The summed E-state index contributed by atoms with van der Waals surface area (Å²) in [4.78, 5) is 1.80. The van der Waals surface area contributed by atoms with Crippen LogP contribution in [0.5, 0.6) is 0 Å². The van der Waals surface area contributed by atoms with Crippen LogP contribution in [-0.4, -0.2) is 37.5 Å². The summed E-state index contributed by atoms with van der Waals surface area (Å²) >= 11 is 0. The van der Waals surface area contributed by atoms with Crippen molar-refractivity contribution < 1.29 is 14.2 Å². The molecule has 1 aromatic rings. The quantitative estimate of drug-likeness (QED) is 0.902. The van der Waals surface area contributed by atoms with Crippen LogP contribution in [0.15, 0.2) is 18.2 Å². The third-order valence-electron chi connectivity index (χ3n) is 3.47. The van der Waals surface area contributed by atoms with Crippen molar-refractivity contribution in [3.8, 4) is 6.07 Å². The van der Waals surface area contributed by atoms with E-state index in [-0.39, 0.29) is 5.56 Å². The molecule has 0 saturated carbocycles. The summed E-state index contributed by atoms with van der Waals surface area (Å²) in [7, 11) is 1.80. The average Bonchev–Trinajstić information content (AvgIpc) is 2.39. The molecule has 1 aliphatic heterocycles. The zero-order valence-electron chi connectivity index (χ0n) is 10.9. The van der Waals surface area contributed by atoms with Gasteiger partial charge in [-0.1, -0.05) is 0 Å². The van der Waals surface area contributed by atoms with Crippen molar-refractivity contribution in [2.45, 2.75) is 18.4 Å². The summed E-state index contributed by atoms with van der Waals surface area (Å²) < 4.78 is 18.8. The maximum absolute atomic E-state index is 13.6. The number of halogens is 1. The molecule has 1 aromatic carbocycles. The van der Waals surface area contributed by atoms with Crippen LogP contribution in [0, 0.1) is 17.1 Å². The Balaban J connectivity index is 2.09. The molecule has 1 fully saturated rings. The van der Waals surface area contributed by atoms with Crippen molar-refractivity contribution in [3.63, 3.8) is 0 Å². The second-order valence-corrected chi connectivity index (χ2v) is 4.97. The molecule has 19 heavy (non-hydrogen) atoms. The van der Waals surface area contributed by atoms with Gasteiger partial charge in [0.2, 0.25) is 0 Å². The minimum atomic E-state index is -0.794. The van der Waals surface area contributed by atoms with Gasteiger partial charge < -0.3 is 14.7 Å². The van der Waals surface area contributed by atoms with Crippen molar-refractivity contribution in [3.05, 3.63) is 29.6 Å². The predicted octanol–water partition coefficient (Wildman–Crippen LogP) is 1.68. The summed E-state index contributed by atoms with van der Waals surface area (Å²) in [5.74, 6) is -0.536. The SMILES string of the molecule is CN(CC1(O)CCOCC1)c1ccc(C#N)c(F)c1. The van der Waals surface area contributed by atoms with Gasteiger partial charge in [-0.25, -0.2) is 4.39 Å². The van der Waals surface area contributed by atoms with Crippen molar-refractivity contribution in [2.24, 2.45) is 0 Å². The highest BCUT2D eigenvalue weighted by atomic mass is 19.1. The van der Waals surface area contributed by atoms with E-state index in [2.05, 4.69) is 0 Å². The minimum Gasteiger partial charge on any atom is -0.388 e. The third-order valence-corrected chi connectivity index (χ3v) is 3.47. The lowest BCUT2D eigenvalue weighted by atomic mass is 9.94. The van der Waals surface area contributed by atoms with E-state index in [4.69, 9.17) is 10.00 Å². The van der Waals surface area contributed by atoms with Crippen LogP contribution in [0.25, 0.3) is 0 Å². The van der Waals surface area contributed by atoms with E-state index < -0.39 is 11.4 Å². The first-order valence-corrected chi connectivity index (χ1v) is 6.25. The van der Waals surface area contributed by atoms with Crippen LogP contribution in [0.1, 0.15) is 18.4 Å². The number of likely N-dealkylation sites (N-methyl/N-ethyl adjacent to an activating group) is 1.